The van der Waals surface area contributed by atoms with E-state index in [-0.39, 0.29) is 9.84 Å². The fourth-order valence-electron chi connectivity index (χ4n) is 0.759. The number of hydrogen-bond donors (Lipinski definition) is 2. The quantitative estimate of drug-likeness (QED) is 0.469. The summed E-state index contributed by atoms with van der Waals surface area (Å²) in [6.07, 6.45) is -1.59. The Balaban J connectivity index is 2.54. The summed E-state index contributed by atoms with van der Waals surface area (Å²) in [5.74, 6) is 0.0283. The highest BCUT2D eigenvalue weighted by Crippen LogP contribution is 2.29. The van der Waals surface area contributed by atoms with E-state index in [9.17, 15) is 0 Å². The molecule has 1 rings (SSSR count). The summed E-state index contributed by atoms with van der Waals surface area (Å²) in [7, 11) is 0. The van der Waals surface area contributed by atoms with Crippen LogP contribution in [0.25, 0.3) is 0 Å². The van der Waals surface area contributed by atoms with Crippen molar-refractivity contribution in [1.82, 2.24) is 0 Å². The molecule has 0 aromatic carbocycles. The van der Waals surface area contributed by atoms with Crippen LogP contribution in [0.1, 0.15) is 6.92 Å². The molecule has 0 bridgehead atoms. The Morgan fingerprint density at radius 3 is 2.00 bits per heavy atom. The van der Waals surface area contributed by atoms with Crippen LogP contribution < -0.4 is 0 Å². The Morgan fingerprint density at radius 1 is 1.33 bits per heavy atom. The maximum Gasteiger partial charge on any atom is 0.169 e. The van der Waals surface area contributed by atoms with E-state index in [1.165, 1.54) is 0 Å². The molecule has 0 aliphatic carbocycles. The Hall–Kier alpha value is 0.610. The molecule has 1 heterocycles. The molecule has 1 fully saturated rings. The zero-order chi connectivity index (χ0) is 7.02. The molecule has 0 amide bonds. The normalized spacial score (nSPS) is 52.0. The molecule has 1 aliphatic heterocycles. The summed E-state index contributed by atoms with van der Waals surface area (Å²) in [5, 5.41) is 17.9. The van der Waals surface area contributed by atoms with Crippen molar-refractivity contribution in [3.05, 3.63) is 0 Å². The first-order chi connectivity index (χ1) is 4.13. The van der Waals surface area contributed by atoms with Crippen LogP contribution in [0.2, 0.25) is 0 Å². The van der Waals surface area contributed by atoms with E-state index in [1.54, 1.807) is 0 Å². The van der Waals surface area contributed by atoms with Crippen molar-refractivity contribution in [1.29, 1.82) is 0 Å². The highest BCUT2D eigenvalue weighted by molar-refractivity contribution is 14.1. The first-order valence-electron chi connectivity index (χ1n) is 2.78. The van der Waals surface area contributed by atoms with Crippen molar-refractivity contribution in [2.45, 2.75) is 23.4 Å². The predicted molar refractivity (Wildman–Crippen MR) is 40.1 cm³/mol. The van der Waals surface area contributed by atoms with Crippen molar-refractivity contribution in [3.63, 3.8) is 0 Å². The number of aliphatic hydroxyl groups excluding tert-OH is 2. The molecule has 1 saturated heterocycles. The number of rotatable bonds is 0. The number of alkyl halides is 1. The van der Waals surface area contributed by atoms with Crippen LogP contribution in [0.5, 0.6) is 0 Å². The second-order valence-electron chi connectivity index (χ2n) is 2.22. The van der Waals surface area contributed by atoms with Crippen LogP contribution in [0.3, 0.4) is 0 Å². The van der Waals surface area contributed by atoms with Gasteiger partial charge in [0.2, 0.25) is 0 Å². The topological polar surface area (TPSA) is 49.7 Å². The van der Waals surface area contributed by atoms with Gasteiger partial charge in [0.05, 0.1) is 3.92 Å². The molecule has 4 atom stereocenters. The Bertz CT molecular complexity index is 96.4. The van der Waals surface area contributed by atoms with Crippen molar-refractivity contribution in [3.8, 4) is 0 Å². The molecular formula is C5H9IO3. The predicted octanol–water partition coefficient (Wildman–Crippen LogP) is 0.0931. The third kappa shape index (κ3) is 1.36. The van der Waals surface area contributed by atoms with Gasteiger partial charge >= 0.3 is 0 Å². The summed E-state index contributed by atoms with van der Waals surface area (Å²) < 4.78 is 4.70. The lowest BCUT2D eigenvalue weighted by atomic mass is 10.1. The summed E-state index contributed by atoms with van der Waals surface area (Å²) in [4.78, 5) is 0. The largest absolute Gasteiger partial charge is 0.368 e. The second-order valence-corrected chi connectivity index (χ2v) is 3.66. The van der Waals surface area contributed by atoms with Crippen molar-refractivity contribution < 1.29 is 14.9 Å². The van der Waals surface area contributed by atoms with Gasteiger partial charge in [-0.05, 0) is 0 Å². The Kier molecular flexibility index (Phi) is 2.31. The van der Waals surface area contributed by atoms with Gasteiger partial charge in [0, 0.05) is 5.92 Å². The minimum Gasteiger partial charge on any atom is -0.368 e. The molecule has 1 aliphatic rings. The summed E-state index contributed by atoms with van der Waals surface area (Å²) in [6.45, 7) is 1.85. The lowest BCUT2D eigenvalue weighted by Gasteiger charge is -2.06. The van der Waals surface area contributed by atoms with Crippen molar-refractivity contribution in [2.24, 2.45) is 5.92 Å². The van der Waals surface area contributed by atoms with Crippen molar-refractivity contribution in [2.75, 3.05) is 0 Å². The zero-order valence-corrected chi connectivity index (χ0v) is 7.15. The highest BCUT2D eigenvalue weighted by atomic mass is 127. The van der Waals surface area contributed by atoms with Crippen LogP contribution in [-0.2, 0) is 4.74 Å². The monoisotopic (exact) mass is 244 g/mol. The fourth-order valence-corrected chi connectivity index (χ4v) is 1.28. The molecule has 2 N–H and O–H groups in total. The molecule has 54 valence electrons. The van der Waals surface area contributed by atoms with E-state index in [4.69, 9.17) is 10.2 Å². The molecule has 4 unspecified atom stereocenters. The highest BCUT2D eigenvalue weighted by Gasteiger charge is 2.37. The number of halogens is 1. The van der Waals surface area contributed by atoms with Crippen LogP contribution in [0.4, 0.5) is 0 Å². The van der Waals surface area contributed by atoms with E-state index in [2.05, 4.69) is 27.3 Å². The van der Waals surface area contributed by atoms with E-state index in [0.717, 1.165) is 0 Å². The number of aliphatic hydroxyl groups is 2. The average molecular weight is 244 g/mol. The number of ether oxygens (including phenoxy) is 1. The number of hydrogen-bond acceptors (Lipinski definition) is 3. The molecule has 9 heavy (non-hydrogen) atoms. The van der Waals surface area contributed by atoms with Crippen LogP contribution in [0, 0.1) is 5.92 Å². The maximum atomic E-state index is 8.95. The van der Waals surface area contributed by atoms with E-state index >= 15 is 0 Å². The SMILES string of the molecule is CC1C(O)OC(O)C1I. The third-order valence-corrected chi connectivity index (χ3v) is 3.25. The van der Waals surface area contributed by atoms with E-state index in [1.807, 2.05) is 6.92 Å². The maximum absolute atomic E-state index is 8.95. The Labute approximate surface area is 67.2 Å². The standard InChI is InChI=1S/C5H9IO3/c1-2-3(6)5(8)9-4(2)7/h2-5,7-8H,1H3. The Morgan fingerprint density at radius 2 is 1.89 bits per heavy atom. The minimum atomic E-state index is -0.796. The van der Waals surface area contributed by atoms with Gasteiger partial charge in [-0.3, -0.25) is 0 Å². The van der Waals surface area contributed by atoms with Crippen molar-refractivity contribution >= 4 is 22.6 Å². The zero-order valence-electron chi connectivity index (χ0n) is 4.99. The van der Waals surface area contributed by atoms with E-state index in [0.29, 0.717) is 0 Å². The first-order valence-corrected chi connectivity index (χ1v) is 4.03. The minimum absolute atomic E-state index is 0.0117. The molecule has 3 nitrogen and oxygen atoms in total. The molecule has 4 heteroatoms. The van der Waals surface area contributed by atoms with Gasteiger partial charge in [0.1, 0.15) is 0 Å². The van der Waals surface area contributed by atoms with Crippen LogP contribution >= 0.6 is 22.6 Å². The second kappa shape index (κ2) is 2.69. The molecule has 0 radical (unpaired) electrons. The fraction of sp³-hybridized carbons (Fsp3) is 1.00. The average Bonchev–Trinajstić information content (AvgIpc) is 1.98. The van der Waals surface area contributed by atoms with E-state index < -0.39 is 12.6 Å². The lowest BCUT2D eigenvalue weighted by molar-refractivity contribution is -0.166. The molecular weight excluding hydrogens is 235 g/mol. The van der Waals surface area contributed by atoms with Gasteiger partial charge in [-0.2, -0.15) is 0 Å². The summed E-state index contributed by atoms with van der Waals surface area (Å²) in [6, 6.07) is 0. The summed E-state index contributed by atoms with van der Waals surface area (Å²) >= 11 is 2.06. The van der Waals surface area contributed by atoms with Gasteiger partial charge in [0.15, 0.2) is 12.6 Å². The molecule has 0 spiro atoms. The molecule has 0 aromatic heterocycles. The van der Waals surface area contributed by atoms with Crippen LogP contribution in [-0.4, -0.2) is 26.7 Å². The molecule has 0 aromatic rings. The smallest absolute Gasteiger partial charge is 0.169 e. The third-order valence-electron chi connectivity index (χ3n) is 1.50. The van der Waals surface area contributed by atoms with Gasteiger partial charge in [-0.25, -0.2) is 0 Å². The first kappa shape index (κ1) is 7.71. The van der Waals surface area contributed by atoms with Crippen LogP contribution in [0.15, 0.2) is 0 Å². The van der Waals surface area contributed by atoms with Gasteiger partial charge in [-0.15, -0.1) is 0 Å². The van der Waals surface area contributed by atoms with Gasteiger partial charge in [-0.1, -0.05) is 29.5 Å². The lowest BCUT2D eigenvalue weighted by Crippen LogP contribution is -2.18. The van der Waals surface area contributed by atoms with Gasteiger partial charge < -0.3 is 14.9 Å². The van der Waals surface area contributed by atoms with Gasteiger partial charge in [0.25, 0.3) is 0 Å². The molecule has 0 saturated carbocycles. The summed E-state index contributed by atoms with van der Waals surface area (Å²) in [5.41, 5.74) is 0.